The van der Waals surface area contributed by atoms with Crippen molar-refractivity contribution in [2.45, 2.75) is 0 Å². The van der Waals surface area contributed by atoms with Crippen LogP contribution in [0.15, 0.2) is 0 Å². The number of carbonyl (C=O) groups excluding carboxylic acids is 2. The van der Waals surface area contributed by atoms with Crippen LogP contribution in [-0.4, -0.2) is 56.1 Å². The summed E-state index contributed by atoms with van der Waals surface area (Å²) in [5.74, 6) is -2.62. The number of aliphatic carboxylic acids is 2. The molecule has 0 aliphatic heterocycles. The molecule has 0 aliphatic carbocycles. The minimum absolute atomic E-state index is 0. The molecular formula is C8H15N3Na2O4. The van der Waals surface area contributed by atoms with E-state index in [1.54, 1.807) is 0 Å². The summed E-state index contributed by atoms with van der Waals surface area (Å²) in [6.07, 6.45) is 0. The Balaban J connectivity index is -0.000000980. The second-order valence-corrected chi connectivity index (χ2v) is 2.99. The maximum absolute atomic E-state index is 10.3. The number of carbonyl (C=O) groups is 2. The number of hydrogen-bond acceptors (Lipinski definition) is 7. The van der Waals surface area contributed by atoms with E-state index in [0.29, 0.717) is 26.2 Å². The summed E-state index contributed by atoms with van der Waals surface area (Å²) >= 11 is 0. The van der Waals surface area contributed by atoms with E-state index in [2.05, 4.69) is 5.32 Å². The van der Waals surface area contributed by atoms with Gasteiger partial charge in [0.2, 0.25) is 0 Å². The standard InChI is InChI=1S/C8H17N3O4.2Na/c9-1-2-10-3-4-11(5-7(12)13)6-8(14)15;;/h10H,1-6,9H2,(H,12,13)(H,14,15);;/q;2*+1/p-2. The van der Waals surface area contributed by atoms with Crippen LogP contribution in [0, 0.1) is 0 Å². The zero-order valence-electron chi connectivity index (χ0n) is 10.4. The molecule has 0 rings (SSSR count). The van der Waals surface area contributed by atoms with Crippen molar-refractivity contribution in [3.63, 3.8) is 0 Å². The zero-order valence-corrected chi connectivity index (χ0v) is 14.4. The molecule has 9 heteroatoms. The molecule has 88 valence electrons. The second kappa shape index (κ2) is 14.9. The van der Waals surface area contributed by atoms with E-state index in [0.717, 1.165) is 0 Å². The van der Waals surface area contributed by atoms with Crippen molar-refractivity contribution in [1.82, 2.24) is 10.2 Å². The number of nitrogens with one attached hydrogen (secondary N) is 1. The van der Waals surface area contributed by atoms with Crippen molar-refractivity contribution >= 4 is 11.9 Å². The number of rotatable bonds is 9. The normalized spacial score (nSPS) is 9.29. The van der Waals surface area contributed by atoms with E-state index in [-0.39, 0.29) is 59.1 Å². The number of carboxylic acids is 2. The Kier molecular flexibility index (Phi) is 20.1. The maximum atomic E-state index is 10.3. The third-order valence-corrected chi connectivity index (χ3v) is 1.63. The molecule has 0 atom stereocenters. The molecule has 0 aromatic rings. The van der Waals surface area contributed by atoms with Gasteiger partial charge in [-0.15, -0.1) is 0 Å². The van der Waals surface area contributed by atoms with Gasteiger partial charge in [0.15, 0.2) is 0 Å². The molecular weight excluding hydrogens is 248 g/mol. The van der Waals surface area contributed by atoms with E-state index < -0.39 is 25.0 Å². The summed E-state index contributed by atoms with van der Waals surface area (Å²) in [5, 5.41) is 23.5. The van der Waals surface area contributed by atoms with E-state index >= 15 is 0 Å². The first kappa shape index (κ1) is 23.0. The average Bonchev–Trinajstić information content (AvgIpc) is 2.10. The Hall–Kier alpha value is 0.820. The van der Waals surface area contributed by atoms with Gasteiger partial charge in [-0.1, -0.05) is 0 Å². The van der Waals surface area contributed by atoms with Crippen LogP contribution in [0.5, 0.6) is 0 Å². The largest absolute Gasteiger partial charge is 1.00 e. The SMILES string of the molecule is NCCNCCN(CC(=O)[O-])CC(=O)[O-].[Na+].[Na+]. The molecule has 0 fully saturated rings. The average molecular weight is 263 g/mol. The van der Waals surface area contributed by atoms with Gasteiger partial charge in [-0.3, -0.25) is 4.90 Å². The third kappa shape index (κ3) is 16.8. The quantitative estimate of drug-likeness (QED) is 0.313. The molecule has 0 heterocycles. The van der Waals surface area contributed by atoms with Crippen molar-refractivity contribution in [3.05, 3.63) is 0 Å². The number of hydrogen-bond donors (Lipinski definition) is 2. The van der Waals surface area contributed by atoms with Crippen LogP contribution >= 0.6 is 0 Å². The molecule has 0 aliphatic rings. The zero-order chi connectivity index (χ0) is 11.7. The van der Waals surface area contributed by atoms with Gasteiger partial charge >= 0.3 is 59.1 Å². The topological polar surface area (TPSA) is 122 Å². The van der Waals surface area contributed by atoms with Crippen LogP contribution in [0.4, 0.5) is 0 Å². The summed E-state index contributed by atoms with van der Waals surface area (Å²) in [4.78, 5) is 21.8. The third-order valence-electron chi connectivity index (χ3n) is 1.63. The summed E-state index contributed by atoms with van der Waals surface area (Å²) in [7, 11) is 0. The molecule has 0 saturated heterocycles. The monoisotopic (exact) mass is 263 g/mol. The van der Waals surface area contributed by atoms with Crippen molar-refractivity contribution < 1.29 is 78.9 Å². The Morgan fingerprint density at radius 2 is 1.53 bits per heavy atom. The molecule has 0 saturated carbocycles. The van der Waals surface area contributed by atoms with Gasteiger partial charge in [-0.05, 0) is 0 Å². The van der Waals surface area contributed by atoms with Crippen LogP contribution < -0.4 is 80.4 Å². The molecule has 7 nitrogen and oxygen atoms in total. The molecule has 17 heavy (non-hydrogen) atoms. The minimum atomic E-state index is -1.31. The molecule has 3 N–H and O–H groups in total. The molecule has 0 spiro atoms. The first-order valence-electron chi connectivity index (χ1n) is 4.59. The number of nitrogens with two attached hydrogens (primary N) is 1. The van der Waals surface area contributed by atoms with Gasteiger partial charge in [0.05, 0.1) is 11.9 Å². The Bertz CT molecular complexity index is 203. The van der Waals surface area contributed by atoms with Crippen molar-refractivity contribution in [1.29, 1.82) is 0 Å². The van der Waals surface area contributed by atoms with Crippen LogP contribution in [0.25, 0.3) is 0 Å². The summed E-state index contributed by atoms with van der Waals surface area (Å²) < 4.78 is 0. The molecule has 0 amide bonds. The van der Waals surface area contributed by atoms with Crippen LogP contribution in [0.1, 0.15) is 0 Å². The fraction of sp³-hybridized carbons (Fsp3) is 0.750. The van der Waals surface area contributed by atoms with Gasteiger partial charge < -0.3 is 30.9 Å². The molecule has 0 unspecified atom stereocenters. The van der Waals surface area contributed by atoms with Crippen molar-refractivity contribution in [3.8, 4) is 0 Å². The predicted octanol–water partition coefficient (Wildman–Crippen LogP) is -10.7. The van der Waals surface area contributed by atoms with Crippen LogP contribution in [0.2, 0.25) is 0 Å². The Morgan fingerprint density at radius 1 is 1.06 bits per heavy atom. The number of carboxylic acid groups (broad SMARTS) is 2. The van der Waals surface area contributed by atoms with Crippen LogP contribution in [-0.2, 0) is 9.59 Å². The van der Waals surface area contributed by atoms with E-state index in [4.69, 9.17) is 5.73 Å². The van der Waals surface area contributed by atoms with Crippen molar-refractivity contribution in [2.24, 2.45) is 5.73 Å². The van der Waals surface area contributed by atoms with E-state index in [1.807, 2.05) is 0 Å². The molecule has 0 aromatic carbocycles. The Labute approximate surface area is 145 Å². The minimum Gasteiger partial charge on any atom is -0.549 e. The first-order valence-corrected chi connectivity index (χ1v) is 4.59. The predicted molar refractivity (Wildman–Crippen MR) is 48.4 cm³/mol. The van der Waals surface area contributed by atoms with Gasteiger partial charge in [0.25, 0.3) is 0 Å². The van der Waals surface area contributed by atoms with Crippen LogP contribution in [0.3, 0.4) is 0 Å². The summed E-state index contributed by atoms with van der Waals surface area (Å²) in [6.45, 7) is 1.00. The second-order valence-electron chi connectivity index (χ2n) is 2.99. The molecule has 0 radical (unpaired) electrons. The summed E-state index contributed by atoms with van der Waals surface area (Å²) in [6, 6.07) is 0. The molecule has 0 bridgehead atoms. The van der Waals surface area contributed by atoms with Crippen molar-refractivity contribution in [2.75, 3.05) is 39.3 Å². The smallest absolute Gasteiger partial charge is 0.549 e. The van der Waals surface area contributed by atoms with Gasteiger partial charge in [0.1, 0.15) is 0 Å². The molecule has 0 aromatic heterocycles. The van der Waals surface area contributed by atoms with E-state index in [9.17, 15) is 19.8 Å². The Morgan fingerprint density at radius 3 is 1.88 bits per heavy atom. The summed E-state index contributed by atoms with van der Waals surface area (Å²) in [5.41, 5.74) is 5.22. The van der Waals surface area contributed by atoms with E-state index in [1.165, 1.54) is 4.90 Å². The van der Waals surface area contributed by atoms with Gasteiger partial charge in [-0.25, -0.2) is 0 Å². The van der Waals surface area contributed by atoms with Gasteiger partial charge in [0, 0.05) is 39.3 Å². The number of nitrogens with zero attached hydrogens (tertiary/aromatic N) is 1. The maximum Gasteiger partial charge on any atom is 1.00 e. The fourth-order valence-corrected chi connectivity index (χ4v) is 1.04. The first-order chi connectivity index (χ1) is 7.06. The fourth-order valence-electron chi connectivity index (χ4n) is 1.04. The van der Waals surface area contributed by atoms with Gasteiger partial charge in [-0.2, -0.15) is 0 Å².